The number of rotatable bonds is 14. The molecule has 3 N–H and O–H groups in total. The molecule has 0 aliphatic carbocycles. The molecule has 0 aliphatic rings. The number of aliphatic hydroxyl groups is 1. The number of hydrogen-bond acceptors (Lipinski definition) is 6. The van der Waals surface area contributed by atoms with E-state index in [1.165, 1.54) is 0 Å². The summed E-state index contributed by atoms with van der Waals surface area (Å²) < 4.78 is 11.3. The highest BCUT2D eigenvalue weighted by Crippen LogP contribution is 2.38. The van der Waals surface area contributed by atoms with Crippen molar-refractivity contribution >= 4 is 17.6 Å². The van der Waals surface area contributed by atoms with E-state index in [4.69, 9.17) is 19.7 Å². The van der Waals surface area contributed by atoms with Crippen molar-refractivity contribution in [1.29, 1.82) is 0 Å². The van der Waals surface area contributed by atoms with Crippen molar-refractivity contribution < 1.29 is 34.4 Å². The van der Waals surface area contributed by atoms with Crippen molar-refractivity contribution in [2.45, 2.75) is 31.3 Å². The summed E-state index contributed by atoms with van der Waals surface area (Å²) in [7, 11) is 3.90. The minimum Gasteiger partial charge on any atom is -0.494 e. The Morgan fingerprint density at radius 3 is 1.35 bits per heavy atom. The summed E-state index contributed by atoms with van der Waals surface area (Å²) in [6, 6.07) is 21.9. The second-order valence-corrected chi connectivity index (χ2v) is 8.89. The Bertz CT molecular complexity index is 1090. The Hall–Kier alpha value is -4.04. The van der Waals surface area contributed by atoms with E-state index < -0.39 is 17.5 Å². The van der Waals surface area contributed by atoms with Gasteiger partial charge in [0.15, 0.2) is 0 Å². The molecule has 0 fully saturated rings. The number of benzene rings is 3. The number of anilines is 1. The zero-order valence-corrected chi connectivity index (χ0v) is 21.1. The van der Waals surface area contributed by atoms with Crippen LogP contribution in [0.15, 0.2) is 72.8 Å². The number of aliphatic carboxylic acids is 2. The molecule has 0 saturated carbocycles. The van der Waals surface area contributed by atoms with Crippen molar-refractivity contribution in [3.05, 3.63) is 89.5 Å². The van der Waals surface area contributed by atoms with Gasteiger partial charge in [-0.15, -0.1) is 0 Å². The van der Waals surface area contributed by atoms with Crippen LogP contribution in [0.3, 0.4) is 0 Å². The Morgan fingerprint density at radius 2 is 1.03 bits per heavy atom. The molecule has 8 heteroatoms. The van der Waals surface area contributed by atoms with E-state index in [1.807, 2.05) is 43.3 Å². The highest BCUT2D eigenvalue weighted by Gasteiger charge is 2.34. The molecule has 3 rings (SSSR count). The van der Waals surface area contributed by atoms with Gasteiger partial charge in [0, 0.05) is 32.6 Å². The van der Waals surface area contributed by atoms with Gasteiger partial charge in [-0.25, -0.2) is 0 Å². The number of nitrogens with zero attached hydrogens (tertiary/aromatic N) is 1. The molecule has 3 aromatic rings. The van der Waals surface area contributed by atoms with E-state index >= 15 is 0 Å². The van der Waals surface area contributed by atoms with E-state index in [9.17, 15) is 14.7 Å². The van der Waals surface area contributed by atoms with Crippen LogP contribution in [-0.4, -0.2) is 54.6 Å². The predicted molar refractivity (Wildman–Crippen MR) is 140 cm³/mol. The van der Waals surface area contributed by atoms with Crippen LogP contribution in [0.2, 0.25) is 0 Å². The first-order valence-corrected chi connectivity index (χ1v) is 12.1. The zero-order chi connectivity index (χ0) is 26.8. The standard InChI is InChI=1S/C29H33NO7/c1-30(2)24-13-7-21(8-14-24)29(35,22-9-15-25(16-10-22)36-19-3-5-27(31)32)23-11-17-26(18-12-23)37-20-4-6-28(33)34/h7-18,35H,3-6,19-20H2,1-2H3,(H,31,32)(H,33,34). The van der Waals surface area contributed by atoms with Crippen LogP contribution in [0, 0.1) is 0 Å². The third-order valence-electron chi connectivity index (χ3n) is 5.95. The van der Waals surface area contributed by atoms with Gasteiger partial charge >= 0.3 is 11.9 Å². The normalized spacial score (nSPS) is 11.1. The molecule has 0 atom stereocenters. The summed E-state index contributed by atoms with van der Waals surface area (Å²) in [5, 5.41) is 29.7. The average Bonchev–Trinajstić information content (AvgIpc) is 2.89. The van der Waals surface area contributed by atoms with Crippen molar-refractivity contribution in [3.8, 4) is 11.5 Å². The lowest BCUT2D eigenvalue weighted by atomic mass is 9.80. The minimum atomic E-state index is -1.46. The average molecular weight is 508 g/mol. The van der Waals surface area contributed by atoms with Crippen LogP contribution in [0.4, 0.5) is 5.69 Å². The van der Waals surface area contributed by atoms with Crippen molar-refractivity contribution in [1.82, 2.24) is 0 Å². The van der Waals surface area contributed by atoms with Gasteiger partial charge in [-0.2, -0.15) is 0 Å². The highest BCUT2D eigenvalue weighted by atomic mass is 16.5. The SMILES string of the molecule is CN(C)c1ccc(C(O)(c2ccc(OCCCC(=O)O)cc2)c2ccc(OCCCC(=O)O)cc2)cc1. The van der Waals surface area contributed by atoms with Crippen molar-refractivity contribution in [2.24, 2.45) is 0 Å². The van der Waals surface area contributed by atoms with Gasteiger partial charge in [0.1, 0.15) is 17.1 Å². The molecular weight excluding hydrogens is 474 g/mol. The first-order valence-electron chi connectivity index (χ1n) is 12.1. The maximum atomic E-state index is 12.2. The monoisotopic (exact) mass is 507 g/mol. The first kappa shape index (κ1) is 27.5. The maximum absolute atomic E-state index is 12.2. The van der Waals surface area contributed by atoms with Gasteiger partial charge in [0.2, 0.25) is 0 Å². The molecule has 0 amide bonds. The van der Waals surface area contributed by atoms with E-state index in [1.54, 1.807) is 48.5 Å². The van der Waals surface area contributed by atoms with E-state index in [0.717, 1.165) is 5.69 Å². The zero-order valence-electron chi connectivity index (χ0n) is 21.1. The van der Waals surface area contributed by atoms with Gasteiger partial charge in [-0.05, 0) is 65.9 Å². The smallest absolute Gasteiger partial charge is 0.303 e. The predicted octanol–water partition coefficient (Wildman–Crippen LogP) is 4.52. The van der Waals surface area contributed by atoms with Crippen LogP contribution < -0.4 is 14.4 Å². The Morgan fingerprint density at radius 1 is 0.676 bits per heavy atom. The van der Waals surface area contributed by atoms with E-state index in [2.05, 4.69) is 0 Å². The first-order chi connectivity index (χ1) is 17.7. The van der Waals surface area contributed by atoms with Crippen molar-refractivity contribution in [2.75, 3.05) is 32.2 Å². The van der Waals surface area contributed by atoms with Gasteiger partial charge < -0.3 is 29.7 Å². The maximum Gasteiger partial charge on any atom is 0.303 e. The number of hydrogen-bond donors (Lipinski definition) is 3. The molecule has 0 bridgehead atoms. The Labute approximate surface area is 216 Å². The molecule has 37 heavy (non-hydrogen) atoms. The van der Waals surface area contributed by atoms with Crippen LogP contribution in [0.5, 0.6) is 11.5 Å². The van der Waals surface area contributed by atoms with Crippen LogP contribution in [0.1, 0.15) is 42.4 Å². The van der Waals surface area contributed by atoms with Gasteiger partial charge in [-0.1, -0.05) is 36.4 Å². The molecule has 0 heterocycles. The second kappa shape index (κ2) is 12.8. The molecular formula is C29H33NO7. The second-order valence-electron chi connectivity index (χ2n) is 8.89. The number of ether oxygens (including phenoxy) is 2. The van der Waals surface area contributed by atoms with Gasteiger partial charge in [-0.3, -0.25) is 9.59 Å². The fraction of sp³-hybridized carbons (Fsp3) is 0.310. The third-order valence-corrected chi connectivity index (χ3v) is 5.95. The van der Waals surface area contributed by atoms with E-state index in [0.29, 0.717) is 41.0 Å². The molecule has 0 saturated heterocycles. The highest BCUT2D eigenvalue weighted by molar-refractivity contribution is 5.66. The largest absolute Gasteiger partial charge is 0.494 e. The van der Waals surface area contributed by atoms with Gasteiger partial charge in [0.05, 0.1) is 13.2 Å². The molecule has 196 valence electrons. The van der Waals surface area contributed by atoms with Crippen molar-refractivity contribution in [3.63, 3.8) is 0 Å². The summed E-state index contributed by atoms with van der Waals surface area (Å²) in [5.74, 6) is -0.545. The quantitative estimate of drug-likeness (QED) is 0.215. The number of carboxylic acids is 2. The topological polar surface area (TPSA) is 117 Å². The minimum absolute atomic E-state index is 0.0417. The molecule has 3 aromatic carbocycles. The third kappa shape index (κ3) is 7.47. The molecule has 8 nitrogen and oxygen atoms in total. The molecule has 0 aromatic heterocycles. The van der Waals surface area contributed by atoms with E-state index in [-0.39, 0.29) is 26.1 Å². The summed E-state index contributed by atoms with van der Waals surface area (Å²) in [5.41, 5.74) is 1.50. The fourth-order valence-corrected chi connectivity index (χ4v) is 3.91. The molecule has 0 spiro atoms. The Balaban J connectivity index is 1.86. The summed E-state index contributed by atoms with van der Waals surface area (Å²) in [6.07, 6.45) is 0.897. The van der Waals surface area contributed by atoms with Crippen LogP contribution >= 0.6 is 0 Å². The molecule has 0 radical (unpaired) electrons. The van der Waals surface area contributed by atoms with Gasteiger partial charge in [0.25, 0.3) is 0 Å². The summed E-state index contributed by atoms with van der Waals surface area (Å²) in [6.45, 7) is 0.575. The lowest BCUT2D eigenvalue weighted by molar-refractivity contribution is -0.138. The lowest BCUT2D eigenvalue weighted by Gasteiger charge is -2.31. The van der Waals surface area contributed by atoms with Crippen LogP contribution in [-0.2, 0) is 15.2 Å². The summed E-state index contributed by atoms with van der Waals surface area (Å²) >= 11 is 0. The molecule has 0 unspecified atom stereocenters. The Kier molecular flexibility index (Phi) is 9.51. The fourth-order valence-electron chi connectivity index (χ4n) is 3.91. The summed E-state index contributed by atoms with van der Waals surface area (Å²) in [4.78, 5) is 23.4. The molecule has 0 aliphatic heterocycles. The number of carbonyl (C=O) groups is 2. The van der Waals surface area contributed by atoms with Crippen LogP contribution in [0.25, 0.3) is 0 Å². The number of carboxylic acid groups (broad SMARTS) is 2. The lowest BCUT2D eigenvalue weighted by Crippen LogP contribution is -2.29.